The van der Waals surface area contributed by atoms with Crippen LogP contribution in [0.1, 0.15) is 16.8 Å². The Hall–Kier alpha value is -3.32. The predicted octanol–water partition coefficient (Wildman–Crippen LogP) is 4.47. The number of rotatable bonds is 4. The summed E-state index contributed by atoms with van der Waals surface area (Å²) < 4.78 is 2.06. The molecular formula is C23H21N3O3S. The van der Waals surface area contributed by atoms with Crippen molar-refractivity contribution < 1.29 is 14.4 Å². The fraction of sp³-hybridized carbons (Fsp3) is 0.174. The number of carbonyl (C=O) groups excluding carboxylic acids is 3. The number of anilines is 1. The van der Waals surface area contributed by atoms with Gasteiger partial charge in [0.2, 0.25) is 5.91 Å². The van der Waals surface area contributed by atoms with E-state index in [2.05, 4.69) is 9.88 Å². The van der Waals surface area contributed by atoms with Crippen LogP contribution in [0.15, 0.2) is 53.4 Å². The van der Waals surface area contributed by atoms with Gasteiger partial charge in [0.15, 0.2) is 0 Å². The van der Waals surface area contributed by atoms with Crippen molar-refractivity contribution in [3.63, 3.8) is 0 Å². The van der Waals surface area contributed by atoms with Gasteiger partial charge in [0.25, 0.3) is 11.1 Å². The van der Waals surface area contributed by atoms with E-state index < -0.39 is 17.1 Å². The topological polar surface area (TPSA) is 71.4 Å². The number of hydrogen-bond donors (Lipinski definition) is 1. The second kappa shape index (κ2) is 7.84. The van der Waals surface area contributed by atoms with E-state index in [1.165, 1.54) is 0 Å². The molecule has 1 aliphatic rings. The summed E-state index contributed by atoms with van der Waals surface area (Å²) in [7, 11) is 1.97. The zero-order valence-corrected chi connectivity index (χ0v) is 17.7. The Morgan fingerprint density at radius 1 is 1.10 bits per heavy atom. The molecule has 30 heavy (non-hydrogen) atoms. The Bertz CT molecular complexity index is 1230. The van der Waals surface area contributed by atoms with Crippen LogP contribution in [0.25, 0.3) is 17.0 Å². The van der Waals surface area contributed by atoms with Crippen molar-refractivity contribution in [3.05, 3.63) is 70.3 Å². The fourth-order valence-corrected chi connectivity index (χ4v) is 4.39. The minimum Gasteiger partial charge on any atom is -0.347 e. The summed E-state index contributed by atoms with van der Waals surface area (Å²) in [6, 6.07) is 15.3. The van der Waals surface area contributed by atoms with Gasteiger partial charge < -0.3 is 9.88 Å². The van der Waals surface area contributed by atoms with Crippen molar-refractivity contribution in [2.24, 2.45) is 7.05 Å². The SMILES string of the molecule is Cc1cccc(NC(=O)CN2C(=O)S/C(=C\c3c(C)n(C)c4ccccc34)C2=O)c1. The minimum absolute atomic E-state index is 0.315. The molecule has 152 valence electrons. The second-order valence-electron chi connectivity index (χ2n) is 7.26. The number of hydrogen-bond acceptors (Lipinski definition) is 4. The number of aromatic nitrogens is 1. The van der Waals surface area contributed by atoms with Gasteiger partial charge in [-0.25, -0.2) is 0 Å². The third-order valence-electron chi connectivity index (χ3n) is 5.20. The first-order valence-corrected chi connectivity index (χ1v) is 10.3. The summed E-state index contributed by atoms with van der Waals surface area (Å²) in [5.74, 6) is -0.859. The molecule has 0 saturated carbocycles. The van der Waals surface area contributed by atoms with E-state index in [1.807, 2.05) is 63.4 Å². The number of amides is 3. The van der Waals surface area contributed by atoms with Crippen molar-refractivity contribution in [1.82, 2.24) is 9.47 Å². The lowest BCUT2D eigenvalue weighted by Gasteiger charge is -2.12. The normalized spacial score (nSPS) is 15.4. The highest BCUT2D eigenvalue weighted by atomic mass is 32.2. The molecular weight excluding hydrogens is 398 g/mol. The fourth-order valence-electron chi connectivity index (χ4n) is 3.57. The Morgan fingerprint density at radius 2 is 1.87 bits per heavy atom. The molecule has 1 aliphatic heterocycles. The van der Waals surface area contributed by atoms with E-state index in [4.69, 9.17) is 0 Å². The average Bonchev–Trinajstić information content (AvgIpc) is 3.11. The number of imide groups is 1. The molecule has 0 unspecified atom stereocenters. The first kappa shape index (κ1) is 20.0. The highest BCUT2D eigenvalue weighted by Gasteiger charge is 2.36. The lowest BCUT2D eigenvalue weighted by molar-refractivity contribution is -0.127. The standard InChI is InChI=1S/C23H21N3O3S/c1-14-7-6-8-16(11-14)24-21(27)13-26-22(28)20(30-23(26)29)12-18-15(2)25(3)19-10-5-4-9-17(18)19/h4-12H,13H2,1-3H3,(H,24,27)/b20-12-. The van der Waals surface area contributed by atoms with Crippen molar-refractivity contribution >= 4 is 51.5 Å². The van der Waals surface area contributed by atoms with Gasteiger partial charge in [-0.2, -0.15) is 0 Å². The van der Waals surface area contributed by atoms with Crippen molar-refractivity contribution in [2.75, 3.05) is 11.9 Å². The second-order valence-corrected chi connectivity index (χ2v) is 8.25. The van der Waals surface area contributed by atoms with Crippen LogP contribution in [0.2, 0.25) is 0 Å². The van der Waals surface area contributed by atoms with Gasteiger partial charge in [-0.3, -0.25) is 19.3 Å². The highest BCUT2D eigenvalue weighted by molar-refractivity contribution is 8.18. The van der Waals surface area contributed by atoms with E-state index in [-0.39, 0.29) is 6.54 Å². The summed E-state index contributed by atoms with van der Waals surface area (Å²) in [6.45, 7) is 3.59. The zero-order valence-electron chi connectivity index (χ0n) is 16.9. The Balaban J connectivity index is 1.56. The number of carbonyl (C=O) groups is 3. The zero-order chi connectivity index (χ0) is 21.4. The molecule has 4 rings (SSSR count). The van der Waals surface area contributed by atoms with Gasteiger partial charge in [-0.1, -0.05) is 30.3 Å². The molecule has 2 heterocycles. The van der Waals surface area contributed by atoms with Crippen molar-refractivity contribution in [3.8, 4) is 0 Å². The Labute approximate surface area is 178 Å². The monoisotopic (exact) mass is 419 g/mol. The lowest BCUT2D eigenvalue weighted by atomic mass is 10.1. The van der Waals surface area contributed by atoms with Crippen LogP contribution < -0.4 is 5.32 Å². The quantitative estimate of drug-likeness (QED) is 0.634. The Morgan fingerprint density at radius 3 is 2.63 bits per heavy atom. The molecule has 2 aromatic carbocycles. The maximum Gasteiger partial charge on any atom is 0.294 e. The largest absolute Gasteiger partial charge is 0.347 e. The first-order chi connectivity index (χ1) is 14.3. The van der Waals surface area contributed by atoms with Crippen LogP contribution in [0.4, 0.5) is 10.5 Å². The van der Waals surface area contributed by atoms with E-state index in [0.717, 1.165) is 44.4 Å². The summed E-state index contributed by atoms with van der Waals surface area (Å²) in [6.07, 6.45) is 1.75. The molecule has 0 aliphatic carbocycles. The van der Waals surface area contributed by atoms with E-state index in [0.29, 0.717) is 10.6 Å². The molecule has 1 aromatic heterocycles. The molecule has 7 heteroatoms. The Kier molecular flexibility index (Phi) is 5.22. The smallest absolute Gasteiger partial charge is 0.294 e. The van der Waals surface area contributed by atoms with Crippen LogP contribution in [-0.4, -0.2) is 33.1 Å². The third-order valence-corrected chi connectivity index (χ3v) is 6.11. The lowest BCUT2D eigenvalue weighted by Crippen LogP contribution is -2.36. The van der Waals surface area contributed by atoms with E-state index in [1.54, 1.807) is 12.1 Å². The van der Waals surface area contributed by atoms with Gasteiger partial charge in [-0.05, 0) is 55.4 Å². The average molecular weight is 420 g/mol. The first-order valence-electron chi connectivity index (χ1n) is 9.51. The summed E-state index contributed by atoms with van der Waals surface area (Å²) >= 11 is 0.863. The van der Waals surface area contributed by atoms with Gasteiger partial charge in [0, 0.05) is 34.9 Å². The molecule has 1 N–H and O–H groups in total. The molecule has 6 nitrogen and oxygen atoms in total. The summed E-state index contributed by atoms with van der Waals surface area (Å²) in [5.41, 5.74) is 4.60. The van der Waals surface area contributed by atoms with Crippen LogP contribution in [0.5, 0.6) is 0 Å². The molecule has 0 bridgehead atoms. The molecule has 0 radical (unpaired) electrons. The number of nitrogens with zero attached hydrogens (tertiary/aromatic N) is 2. The highest BCUT2D eigenvalue weighted by Crippen LogP contribution is 2.35. The van der Waals surface area contributed by atoms with Crippen LogP contribution in [-0.2, 0) is 16.6 Å². The molecule has 3 aromatic rings. The van der Waals surface area contributed by atoms with Crippen molar-refractivity contribution in [1.29, 1.82) is 0 Å². The minimum atomic E-state index is -0.447. The van der Waals surface area contributed by atoms with Crippen molar-refractivity contribution in [2.45, 2.75) is 13.8 Å². The number of para-hydroxylation sites is 1. The molecule has 1 fully saturated rings. The van der Waals surface area contributed by atoms with Crippen LogP contribution in [0.3, 0.4) is 0 Å². The number of nitrogens with one attached hydrogen (secondary N) is 1. The number of benzene rings is 2. The number of aryl methyl sites for hydroxylation is 2. The molecule has 3 amide bonds. The summed E-state index contributed by atoms with van der Waals surface area (Å²) in [4.78, 5) is 39.0. The van der Waals surface area contributed by atoms with Crippen LogP contribution >= 0.6 is 11.8 Å². The number of thioether (sulfide) groups is 1. The maximum absolute atomic E-state index is 12.8. The molecule has 0 atom stereocenters. The van der Waals surface area contributed by atoms with E-state index >= 15 is 0 Å². The number of fused-ring (bicyclic) bond motifs is 1. The molecule has 0 spiro atoms. The predicted molar refractivity (Wildman–Crippen MR) is 120 cm³/mol. The van der Waals surface area contributed by atoms with Gasteiger partial charge >= 0.3 is 0 Å². The summed E-state index contributed by atoms with van der Waals surface area (Å²) in [5, 5.41) is 3.31. The van der Waals surface area contributed by atoms with Gasteiger partial charge in [-0.15, -0.1) is 0 Å². The third kappa shape index (κ3) is 3.64. The maximum atomic E-state index is 12.8. The van der Waals surface area contributed by atoms with E-state index in [9.17, 15) is 14.4 Å². The molecule has 1 saturated heterocycles. The van der Waals surface area contributed by atoms with Gasteiger partial charge in [0.1, 0.15) is 6.54 Å². The van der Waals surface area contributed by atoms with Crippen LogP contribution in [0, 0.1) is 13.8 Å². The van der Waals surface area contributed by atoms with Gasteiger partial charge in [0.05, 0.1) is 4.91 Å².